The number of rotatable bonds is 4. The van der Waals surface area contributed by atoms with E-state index < -0.39 is 6.04 Å². The molecule has 2 unspecified atom stereocenters. The van der Waals surface area contributed by atoms with E-state index in [2.05, 4.69) is 5.32 Å². The molecule has 5 nitrogen and oxygen atoms in total. The normalized spacial score (nSPS) is 16.2. The minimum atomic E-state index is -0.500. The molecular formula is C13H18N2O3. The molecule has 1 heterocycles. The maximum absolute atomic E-state index is 11.9. The standard InChI is InChI=1S/C13H18N2O3/c1-3-8(2)12(14)13(16)15-9-4-5-10-11(6-9)18-7-17-10/h4-6,8,12H,3,7,14H2,1-2H3,(H,15,16). The lowest BCUT2D eigenvalue weighted by molar-refractivity contribution is -0.118. The van der Waals surface area contributed by atoms with Gasteiger partial charge in [-0.1, -0.05) is 20.3 Å². The van der Waals surface area contributed by atoms with Crippen molar-refractivity contribution in [3.8, 4) is 11.5 Å². The number of nitrogens with one attached hydrogen (secondary N) is 1. The third-order valence-electron chi connectivity index (χ3n) is 3.20. The summed E-state index contributed by atoms with van der Waals surface area (Å²) in [5, 5.41) is 2.79. The maximum Gasteiger partial charge on any atom is 0.241 e. The minimum absolute atomic E-state index is 0.152. The molecule has 98 valence electrons. The van der Waals surface area contributed by atoms with Crippen LogP contribution < -0.4 is 20.5 Å². The predicted octanol–water partition coefficient (Wildman–Crippen LogP) is 1.73. The second kappa shape index (κ2) is 5.27. The lowest BCUT2D eigenvalue weighted by atomic mass is 9.99. The summed E-state index contributed by atoms with van der Waals surface area (Å²) in [5.41, 5.74) is 6.53. The van der Waals surface area contributed by atoms with Crippen LogP contribution in [0.4, 0.5) is 5.69 Å². The fourth-order valence-corrected chi connectivity index (χ4v) is 1.71. The van der Waals surface area contributed by atoms with Gasteiger partial charge in [-0.15, -0.1) is 0 Å². The van der Waals surface area contributed by atoms with Gasteiger partial charge in [0.1, 0.15) is 0 Å². The molecule has 1 aromatic rings. The first-order chi connectivity index (χ1) is 8.61. The highest BCUT2D eigenvalue weighted by atomic mass is 16.7. The van der Waals surface area contributed by atoms with Crippen molar-refractivity contribution in [1.29, 1.82) is 0 Å². The van der Waals surface area contributed by atoms with Crippen molar-refractivity contribution < 1.29 is 14.3 Å². The van der Waals surface area contributed by atoms with Crippen molar-refractivity contribution in [2.75, 3.05) is 12.1 Å². The zero-order chi connectivity index (χ0) is 13.1. The lowest BCUT2D eigenvalue weighted by Gasteiger charge is -2.17. The van der Waals surface area contributed by atoms with Crippen LogP contribution in [0.5, 0.6) is 11.5 Å². The van der Waals surface area contributed by atoms with Crippen LogP contribution in [0.3, 0.4) is 0 Å². The molecule has 1 aliphatic heterocycles. The monoisotopic (exact) mass is 250 g/mol. The third-order valence-corrected chi connectivity index (χ3v) is 3.20. The molecule has 1 aliphatic rings. The molecule has 2 atom stereocenters. The van der Waals surface area contributed by atoms with Crippen molar-refractivity contribution in [1.82, 2.24) is 0 Å². The number of nitrogens with two attached hydrogens (primary N) is 1. The number of carbonyl (C=O) groups is 1. The molecule has 2 rings (SSSR count). The number of hydrogen-bond donors (Lipinski definition) is 2. The number of amides is 1. The Balaban J connectivity index is 2.03. The number of ether oxygens (including phenoxy) is 2. The Morgan fingerprint density at radius 2 is 2.17 bits per heavy atom. The fourth-order valence-electron chi connectivity index (χ4n) is 1.71. The van der Waals surface area contributed by atoms with Gasteiger partial charge in [0.05, 0.1) is 6.04 Å². The summed E-state index contributed by atoms with van der Waals surface area (Å²) in [5.74, 6) is 1.31. The van der Waals surface area contributed by atoms with Crippen molar-refractivity contribution in [2.24, 2.45) is 11.7 Å². The van der Waals surface area contributed by atoms with Crippen LogP contribution >= 0.6 is 0 Å². The number of carbonyl (C=O) groups excluding carboxylic acids is 1. The molecular weight excluding hydrogens is 232 g/mol. The Kier molecular flexibility index (Phi) is 3.72. The molecule has 1 amide bonds. The first kappa shape index (κ1) is 12.7. The van der Waals surface area contributed by atoms with Crippen molar-refractivity contribution in [3.05, 3.63) is 18.2 Å². The summed E-state index contributed by atoms with van der Waals surface area (Å²) in [6.07, 6.45) is 0.871. The van der Waals surface area contributed by atoms with Crippen LogP contribution in [0.25, 0.3) is 0 Å². The van der Waals surface area contributed by atoms with Crippen molar-refractivity contribution in [3.63, 3.8) is 0 Å². The Hall–Kier alpha value is -1.75. The summed E-state index contributed by atoms with van der Waals surface area (Å²) in [4.78, 5) is 11.9. The first-order valence-corrected chi connectivity index (χ1v) is 6.08. The topological polar surface area (TPSA) is 73.6 Å². The quantitative estimate of drug-likeness (QED) is 0.853. The zero-order valence-electron chi connectivity index (χ0n) is 10.6. The summed E-state index contributed by atoms with van der Waals surface area (Å²) in [6.45, 7) is 4.20. The largest absolute Gasteiger partial charge is 0.454 e. The van der Waals surface area contributed by atoms with Crippen LogP contribution in [0.2, 0.25) is 0 Å². The third kappa shape index (κ3) is 2.56. The maximum atomic E-state index is 11.9. The minimum Gasteiger partial charge on any atom is -0.454 e. The zero-order valence-corrected chi connectivity index (χ0v) is 10.6. The van der Waals surface area contributed by atoms with Gasteiger partial charge in [0, 0.05) is 11.8 Å². The number of hydrogen-bond acceptors (Lipinski definition) is 4. The Morgan fingerprint density at radius 1 is 1.44 bits per heavy atom. The molecule has 0 aliphatic carbocycles. The number of fused-ring (bicyclic) bond motifs is 1. The highest BCUT2D eigenvalue weighted by Gasteiger charge is 2.20. The van der Waals surface area contributed by atoms with Crippen molar-refractivity contribution >= 4 is 11.6 Å². The van der Waals surface area contributed by atoms with Gasteiger partial charge in [0.15, 0.2) is 11.5 Å². The van der Waals surface area contributed by atoms with Gasteiger partial charge in [-0.2, -0.15) is 0 Å². The molecule has 0 saturated heterocycles. The molecule has 0 spiro atoms. The average Bonchev–Trinajstić information content (AvgIpc) is 2.84. The van der Waals surface area contributed by atoms with Crippen LogP contribution in [0, 0.1) is 5.92 Å². The molecule has 0 saturated carbocycles. The average molecular weight is 250 g/mol. The highest BCUT2D eigenvalue weighted by molar-refractivity contribution is 5.95. The van der Waals surface area contributed by atoms with Gasteiger partial charge in [-0.3, -0.25) is 4.79 Å². The van der Waals surface area contributed by atoms with Gasteiger partial charge < -0.3 is 20.5 Å². The lowest BCUT2D eigenvalue weighted by Crippen LogP contribution is -2.40. The summed E-state index contributed by atoms with van der Waals surface area (Å²) in [7, 11) is 0. The molecule has 1 aromatic carbocycles. The summed E-state index contributed by atoms with van der Waals surface area (Å²) >= 11 is 0. The second-order valence-electron chi connectivity index (χ2n) is 4.47. The van der Waals surface area contributed by atoms with E-state index in [0.29, 0.717) is 17.2 Å². The predicted molar refractivity (Wildman–Crippen MR) is 68.6 cm³/mol. The van der Waals surface area contributed by atoms with Crippen molar-refractivity contribution in [2.45, 2.75) is 26.3 Å². The van der Waals surface area contributed by atoms with Gasteiger partial charge in [-0.25, -0.2) is 0 Å². The molecule has 0 radical (unpaired) electrons. The smallest absolute Gasteiger partial charge is 0.241 e. The van der Waals surface area contributed by atoms with Crippen LogP contribution in [0.15, 0.2) is 18.2 Å². The van der Waals surface area contributed by atoms with E-state index in [9.17, 15) is 4.79 Å². The molecule has 0 aromatic heterocycles. The summed E-state index contributed by atoms with van der Waals surface area (Å²) < 4.78 is 10.4. The second-order valence-corrected chi connectivity index (χ2v) is 4.47. The van der Waals surface area contributed by atoms with E-state index in [-0.39, 0.29) is 18.6 Å². The molecule has 5 heteroatoms. The van der Waals surface area contributed by atoms with Crippen LogP contribution in [-0.2, 0) is 4.79 Å². The molecule has 0 fully saturated rings. The summed E-state index contributed by atoms with van der Waals surface area (Å²) in [6, 6.07) is 4.78. The van der Waals surface area contributed by atoms with Crippen LogP contribution in [-0.4, -0.2) is 18.7 Å². The Morgan fingerprint density at radius 3 is 2.89 bits per heavy atom. The van der Waals surface area contributed by atoms with Gasteiger partial charge in [-0.05, 0) is 18.1 Å². The van der Waals surface area contributed by atoms with Crippen LogP contribution in [0.1, 0.15) is 20.3 Å². The first-order valence-electron chi connectivity index (χ1n) is 6.08. The SMILES string of the molecule is CCC(C)C(N)C(=O)Nc1ccc2c(c1)OCO2. The Labute approximate surface area is 106 Å². The van der Waals surface area contributed by atoms with E-state index in [1.54, 1.807) is 18.2 Å². The Bertz CT molecular complexity index is 448. The van der Waals surface area contributed by atoms with Gasteiger partial charge in [0.25, 0.3) is 0 Å². The fraction of sp³-hybridized carbons (Fsp3) is 0.462. The van der Waals surface area contributed by atoms with E-state index >= 15 is 0 Å². The van der Waals surface area contributed by atoms with E-state index in [1.165, 1.54) is 0 Å². The van der Waals surface area contributed by atoms with E-state index in [1.807, 2.05) is 13.8 Å². The molecule has 18 heavy (non-hydrogen) atoms. The van der Waals surface area contributed by atoms with E-state index in [4.69, 9.17) is 15.2 Å². The molecule has 0 bridgehead atoms. The van der Waals surface area contributed by atoms with Gasteiger partial charge in [0.2, 0.25) is 12.7 Å². The van der Waals surface area contributed by atoms with E-state index in [0.717, 1.165) is 6.42 Å². The highest BCUT2D eigenvalue weighted by Crippen LogP contribution is 2.34. The van der Waals surface area contributed by atoms with Gasteiger partial charge >= 0.3 is 0 Å². The number of anilines is 1. The molecule has 3 N–H and O–H groups in total. The number of benzene rings is 1.